The van der Waals surface area contributed by atoms with E-state index < -0.39 is 30.1 Å². The predicted octanol–water partition coefficient (Wildman–Crippen LogP) is 3.54. The van der Waals surface area contributed by atoms with E-state index in [1.807, 2.05) is 43.3 Å². The first-order valence-corrected chi connectivity index (χ1v) is 10.5. The van der Waals surface area contributed by atoms with E-state index in [1.165, 1.54) is 18.2 Å². The molecule has 170 valence electrons. The summed E-state index contributed by atoms with van der Waals surface area (Å²) in [7, 11) is 0. The Balaban J connectivity index is 1.45. The highest BCUT2D eigenvalue weighted by molar-refractivity contribution is 6.07. The summed E-state index contributed by atoms with van der Waals surface area (Å²) in [4.78, 5) is 41.8. The number of pyridine rings is 1. The van der Waals surface area contributed by atoms with Crippen molar-refractivity contribution < 1.29 is 18.8 Å². The van der Waals surface area contributed by atoms with Crippen LogP contribution in [-0.2, 0) is 4.79 Å². The minimum Gasteiger partial charge on any atom is -0.343 e. The molecule has 8 heteroatoms. The summed E-state index contributed by atoms with van der Waals surface area (Å²) in [5.41, 5.74) is 8.30. The van der Waals surface area contributed by atoms with Crippen molar-refractivity contribution in [2.45, 2.75) is 6.92 Å². The average Bonchev–Trinajstić information content (AvgIpc) is 2.85. The van der Waals surface area contributed by atoms with Crippen molar-refractivity contribution in [1.29, 1.82) is 0 Å². The summed E-state index contributed by atoms with van der Waals surface area (Å²) in [5.74, 6) is -2.34. The average molecular weight is 456 g/mol. The van der Waals surface area contributed by atoms with E-state index in [1.54, 1.807) is 18.2 Å². The van der Waals surface area contributed by atoms with E-state index in [0.29, 0.717) is 22.2 Å². The van der Waals surface area contributed by atoms with Crippen molar-refractivity contribution >= 4 is 28.6 Å². The Kier molecular flexibility index (Phi) is 6.59. The minimum absolute atomic E-state index is 0.0868. The molecule has 3 aromatic carbocycles. The summed E-state index contributed by atoms with van der Waals surface area (Å²) in [6.45, 7) is 1.58. The first kappa shape index (κ1) is 22.6. The molecule has 0 saturated carbocycles. The molecule has 34 heavy (non-hydrogen) atoms. The van der Waals surface area contributed by atoms with E-state index in [0.717, 1.165) is 17.2 Å². The van der Waals surface area contributed by atoms with Crippen LogP contribution in [0.15, 0.2) is 78.9 Å². The highest BCUT2D eigenvalue weighted by atomic mass is 19.1. The Morgan fingerprint density at radius 3 is 2.38 bits per heavy atom. The standard InChI is InChI=1S/C26H21FN4O3/c1-16-9-11-17(12-10-16)23-14-21(20-7-2-3-8-22(20)29-23)26(34)31-30-24(32)15-28-25(33)18-5-4-6-19(27)13-18/h2-14H,15H2,1H3,(H,28,33)(H,30,32)(H,31,34). The molecular formula is C26H21FN4O3. The summed E-state index contributed by atoms with van der Waals surface area (Å²) in [6, 6.07) is 21.8. The first-order valence-electron chi connectivity index (χ1n) is 10.5. The number of hydrogen-bond donors (Lipinski definition) is 3. The number of para-hydroxylation sites is 1. The fraction of sp³-hybridized carbons (Fsp3) is 0.0769. The molecule has 0 aliphatic carbocycles. The smallest absolute Gasteiger partial charge is 0.270 e. The van der Waals surface area contributed by atoms with Gasteiger partial charge in [0.15, 0.2) is 0 Å². The van der Waals surface area contributed by atoms with Gasteiger partial charge in [-0.3, -0.25) is 25.2 Å². The Labute approximate surface area is 195 Å². The molecule has 4 aromatic rings. The number of hydrazine groups is 1. The van der Waals surface area contributed by atoms with Gasteiger partial charge in [0.2, 0.25) is 0 Å². The molecule has 0 unspecified atom stereocenters. The fourth-order valence-electron chi connectivity index (χ4n) is 3.37. The van der Waals surface area contributed by atoms with Crippen molar-refractivity contribution in [3.05, 3.63) is 101 Å². The van der Waals surface area contributed by atoms with Gasteiger partial charge in [-0.2, -0.15) is 0 Å². The Hall–Kier alpha value is -4.59. The van der Waals surface area contributed by atoms with E-state index in [2.05, 4.69) is 21.2 Å². The van der Waals surface area contributed by atoms with Gasteiger partial charge < -0.3 is 5.32 Å². The highest BCUT2D eigenvalue weighted by Gasteiger charge is 2.15. The molecule has 0 radical (unpaired) electrons. The third-order valence-corrected chi connectivity index (χ3v) is 5.12. The number of fused-ring (bicyclic) bond motifs is 1. The number of nitrogens with one attached hydrogen (secondary N) is 3. The van der Waals surface area contributed by atoms with Crippen molar-refractivity contribution in [2.24, 2.45) is 0 Å². The molecule has 0 fully saturated rings. The second kappa shape index (κ2) is 9.91. The van der Waals surface area contributed by atoms with Crippen molar-refractivity contribution in [3.8, 4) is 11.3 Å². The number of aryl methyl sites for hydroxylation is 1. The Morgan fingerprint density at radius 2 is 1.62 bits per heavy atom. The van der Waals surface area contributed by atoms with Crippen molar-refractivity contribution in [1.82, 2.24) is 21.2 Å². The summed E-state index contributed by atoms with van der Waals surface area (Å²) < 4.78 is 13.3. The van der Waals surface area contributed by atoms with Crippen LogP contribution in [0.4, 0.5) is 4.39 Å². The number of carbonyl (C=O) groups is 3. The second-order valence-electron chi connectivity index (χ2n) is 7.63. The molecule has 1 heterocycles. The number of amides is 3. The number of nitrogens with zero attached hydrogens (tertiary/aromatic N) is 1. The fourth-order valence-corrected chi connectivity index (χ4v) is 3.37. The van der Waals surface area contributed by atoms with Crippen LogP contribution in [-0.4, -0.2) is 29.3 Å². The zero-order valence-electron chi connectivity index (χ0n) is 18.3. The molecule has 0 aliphatic heterocycles. The summed E-state index contributed by atoms with van der Waals surface area (Å²) in [6.07, 6.45) is 0. The third kappa shape index (κ3) is 5.24. The lowest BCUT2D eigenvalue weighted by molar-refractivity contribution is -0.120. The quantitative estimate of drug-likeness (QED) is 0.400. The SMILES string of the molecule is Cc1ccc(-c2cc(C(=O)NNC(=O)CNC(=O)c3cccc(F)c3)c3ccccc3n2)cc1. The molecule has 0 aliphatic rings. The molecule has 0 saturated heterocycles. The Bertz CT molecular complexity index is 1390. The molecule has 7 nitrogen and oxygen atoms in total. The van der Waals surface area contributed by atoms with E-state index in [9.17, 15) is 18.8 Å². The van der Waals surface area contributed by atoms with Gasteiger partial charge in [-0.05, 0) is 37.3 Å². The second-order valence-corrected chi connectivity index (χ2v) is 7.63. The molecule has 0 bridgehead atoms. The van der Waals surface area contributed by atoms with Crippen LogP contribution in [0.5, 0.6) is 0 Å². The van der Waals surface area contributed by atoms with Crippen LogP contribution in [0.1, 0.15) is 26.3 Å². The maximum absolute atomic E-state index is 13.3. The number of hydrogen-bond acceptors (Lipinski definition) is 4. The van der Waals surface area contributed by atoms with Crippen LogP contribution in [0.3, 0.4) is 0 Å². The van der Waals surface area contributed by atoms with Crippen LogP contribution in [0, 0.1) is 12.7 Å². The van der Waals surface area contributed by atoms with Gasteiger partial charge in [0.25, 0.3) is 17.7 Å². The number of aromatic nitrogens is 1. The van der Waals surface area contributed by atoms with Gasteiger partial charge in [-0.25, -0.2) is 9.37 Å². The Morgan fingerprint density at radius 1 is 0.853 bits per heavy atom. The molecule has 0 atom stereocenters. The van der Waals surface area contributed by atoms with Crippen molar-refractivity contribution in [2.75, 3.05) is 6.54 Å². The lowest BCUT2D eigenvalue weighted by Crippen LogP contribution is -2.46. The molecule has 3 N–H and O–H groups in total. The summed E-state index contributed by atoms with van der Waals surface area (Å²) >= 11 is 0. The number of rotatable bonds is 5. The number of benzene rings is 3. The monoisotopic (exact) mass is 456 g/mol. The largest absolute Gasteiger partial charge is 0.343 e. The van der Waals surface area contributed by atoms with E-state index >= 15 is 0 Å². The predicted molar refractivity (Wildman–Crippen MR) is 126 cm³/mol. The number of carbonyl (C=O) groups excluding carboxylic acids is 3. The topological polar surface area (TPSA) is 100 Å². The normalized spacial score (nSPS) is 10.5. The third-order valence-electron chi connectivity index (χ3n) is 5.12. The van der Waals surface area contributed by atoms with Gasteiger partial charge in [-0.1, -0.05) is 54.1 Å². The molecular weight excluding hydrogens is 435 g/mol. The molecule has 1 aromatic heterocycles. The maximum Gasteiger partial charge on any atom is 0.270 e. The van der Waals surface area contributed by atoms with E-state index in [-0.39, 0.29) is 5.56 Å². The minimum atomic E-state index is -0.643. The van der Waals surface area contributed by atoms with Crippen LogP contribution < -0.4 is 16.2 Å². The van der Waals surface area contributed by atoms with Gasteiger partial charge in [-0.15, -0.1) is 0 Å². The zero-order valence-corrected chi connectivity index (χ0v) is 18.3. The van der Waals surface area contributed by atoms with Gasteiger partial charge in [0.05, 0.1) is 23.3 Å². The van der Waals surface area contributed by atoms with Gasteiger partial charge in [0, 0.05) is 16.5 Å². The highest BCUT2D eigenvalue weighted by Crippen LogP contribution is 2.25. The van der Waals surface area contributed by atoms with Crippen LogP contribution in [0.2, 0.25) is 0 Å². The molecule has 0 spiro atoms. The lowest BCUT2D eigenvalue weighted by Gasteiger charge is -2.12. The summed E-state index contributed by atoms with van der Waals surface area (Å²) in [5, 5.41) is 3.00. The molecule has 3 amide bonds. The first-order chi connectivity index (χ1) is 16.4. The zero-order chi connectivity index (χ0) is 24.1. The van der Waals surface area contributed by atoms with Gasteiger partial charge in [0.1, 0.15) is 5.82 Å². The van der Waals surface area contributed by atoms with Gasteiger partial charge >= 0.3 is 0 Å². The van der Waals surface area contributed by atoms with E-state index in [4.69, 9.17) is 0 Å². The van der Waals surface area contributed by atoms with Crippen LogP contribution >= 0.6 is 0 Å². The lowest BCUT2D eigenvalue weighted by atomic mass is 10.0. The number of halogens is 1. The maximum atomic E-state index is 13.3. The van der Waals surface area contributed by atoms with Crippen molar-refractivity contribution in [3.63, 3.8) is 0 Å². The van der Waals surface area contributed by atoms with Crippen LogP contribution in [0.25, 0.3) is 22.2 Å². The molecule has 4 rings (SSSR count).